The third kappa shape index (κ3) is 6.95. The SMILES string of the molecule is O=C(O)CCNC(=O)c1ccc(NC(=O)CCCC2CCCC2)cc1. The number of amides is 2. The fourth-order valence-corrected chi connectivity index (χ4v) is 3.16. The fourth-order valence-electron chi connectivity index (χ4n) is 3.16. The van der Waals surface area contributed by atoms with Gasteiger partial charge in [0.05, 0.1) is 6.42 Å². The first-order valence-electron chi connectivity index (χ1n) is 8.94. The van der Waals surface area contributed by atoms with Crippen LogP contribution in [0.2, 0.25) is 0 Å². The van der Waals surface area contributed by atoms with Gasteiger partial charge in [0.1, 0.15) is 0 Å². The lowest BCUT2D eigenvalue weighted by Gasteiger charge is -2.09. The highest BCUT2D eigenvalue weighted by atomic mass is 16.4. The number of hydrogen-bond donors (Lipinski definition) is 3. The molecular weight excluding hydrogens is 320 g/mol. The van der Waals surface area contributed by atoms with Crippen molar-refractivity contribution in [2.45, 2.75) is 51.4 Å². The van der Waals surface area contributed by atoms with Gasteiger partial charge in [-0.3, -0.25) is 14.4 Å². The minimum absolute atomic E-state index is 0.00310. The molecule has 0 bridgehead atoms. The van der Waals surface area contributed by atoms with Crippen LogP contribution in [0.15, 0.2) is 24.3 Å². The summed E-state index contributed by atoms with van der Waals surface area (Å²) < 4.78 is 0. The predicted octanol–water partition coefficient (Wildman–Crippen LogP) is 3.19. The van der Waals surface area contributed by atoms with Crippen LogP contribution in [0.4, 0.5) is 5.69 Å². The molecule has 1 aliphatic carbocycles. The van der Waals surface area contributed by atoms with E-state index in [-0.39, 0.29) is 24.8 Å². The van der Waals surface area contributed by atoms with Gasteiger partial charge in [-0.1, -0.05) is 25.7 Å². The van der Waals surface area contributed by atoms with Gasteiger partial charge >= 0.3 is 5.97 Å². The van der Waals surface area contributed by atoms with Crippen LogP contribution in [-0.2, 0) is 9.59 Å². The number of carboxylic acid groups (broad SMARTS) is 1. The van der Waals surface area contributed by atoms with E-state index in [9.17, 15) is 14.4 Å². The van der Waals surface area contributed by atoms with E-state index in [0.29, 0.717) is 17.7 Å². The zero-order valence-corrected chi connectivity index (χ0v) is 14.4. The molecule has 2 rings (SSSR count). The maximum Gasteiger partial charge on any atom is 0.305 e. The van der Waals surface area contributed by atoms with E-state index in [4.69, 9.17) is 5.11 Å². The second-order valence-corrected chi connectivity index (χ2v) is 6.57. The van der Waals surface area contributed by atoms with E-state index in [2.05, 4.69) is 10.6 Å². The average Bonchev–Trinajstić information content (AvgIpc) is 3.08. The van der Waals surface area contributed by atoms with Crippen LogP contribution >= 0.6 is 0 Å². The number of aliphatic carboxylic acids is 1. The Kier molecular flexibility index (Phi) is 7.44. The molecule has 0 spiro atoms. The number of rotatable bonds is 9. The summed E-state index contributed by atoms with van der Waals surface area (Å²) in [5.74, 6) is -0.481. The molecule has 0 aliphatic heterocycles. The second-order valence-electron chi connectivity index (χ2n) is 6.57. The summed E-state index contributed by atoms with van der Waals surface area (Å²) >= 11 is 0. The van der Waals surface area contributed by atoms with E-state index in [1.54, 1.807) is 24.3 Å². The predicted molar refractivity (Wildman–Crippen MR) is 95.5 cm³/mol. The van der Waals surface area contributed by atoms with Gasteiger partial charge in [0.25, 0.3) is 5.91 Å². The molecular formula is C19H26N2O4. The number of carbonyl (C=O) groups is 3. The maximum atomic E-state index is 12.0. The molecule has 0 saturated heterocycles. The van der Waals surface area contributed by atoms with Crippen LogP contribution in [0, 0.1) is 5.92 Å². The van der Waals surface area contributed by atoms with E-state index in [1.807, 2.05) is 0 Å². The molecule has 0 radical (unpaired) electrons. The summed E-state index contributed by atoms with van der Waals surface area (Å²) in [6, 6.07) is 6.59. The quantitative estimate of drug-likeness (QED) is 0.640. The Bertz CT molecular complexity index is 592. The molecule has 1 fully saturated rings. The number of benzene rings is 1. The second kappa shape index (κ2) is 9.81. The summed E-state index contributed by atoms with van der Waals surface area (Å²) in [6.07, 6.45) is 7.72. The Morgan fingerprint density at radius 1 is 1.04 bits per heavy atom. The molecule has 1 aromatic carbocycles. The zero-order chi connectivity index (χ0) is 18.1. The van der Waals surface area contributed by atoms with Gasteiger partial charge in [0, 0.05) is 24.2 Å². The molecule has 2 amide bonds. The topological polar surface area (TPSA) is 95.5 Å². The molecule has 1 aromatic rings. The number of anilines is 1. The molecule has 136 valence electrons. The van der Waals surface area contributed by atoms with Gasteiger partial charge in [0.2, 0.25) is 5.91 Å². The Hall–Kier alpha value is -2.37. The van der Waals surface area contributed by atoms with Crippen molar-refractivity contribution in [3.05, 3.63) is 29.8 Å². The summed E-state index contributed by atoms with van der Waals surface area (Å²) in [5, 5.41) is 13.9. The number of carboxylic acids is 1. The summed E-state index contributed by atoms with van der Waals surface area (Å²) in [7, 11) is 0. The first-order chi connectivity index (χ1) is 12.0. The van der Waals surface area contributed by atoms with Crippen molar-refractivity contribution in [3.8, 4) is 0 Å². The molecule has 0 heterocycles. The van der Waals surface area contributed by atoms with Crippen LogP contribution in [0.3, 0.4) is 0 Å². The summed E-state index contributed by atoms with van der Waals surface area (Å²) in [4.78, 5) is 34.2. The minimum atomic E-state index is -0.953. The largest absolute Gasteiger partial charge is 0.481 e. The molecule has 0 aromatic heterocycles. The molecule has 6 nitrogen and oxygen atoms in total. The van der Waals surface area contributed by atoms with Crippen molar-refractivity contribution in [1.29, 1.82) is 0 Å². The van der Waals surface area contributed by atoms with E-state index < -0.39 is 5.97 Å². The van der Waals surface area contributed by atoms with Crippen LogP contribution in [0.5, 0.6) is 0 Å². The van der Waals surface area contributed by atoms with Crippen molar-refractivity contribution in [2.24, 2.45) is 5.92 Å². The van der Waals surface area contributed by atoms with E-state index in [0.717, 1.165) is 18.8 Å². The third-order valence-corrected chi connectivity index (χ3v) is 4.55. The normalized spacial score (nSPS) is 14.2. The minimum Gasteiger partial charge on any atom is -0.481 e. The van der Waals surface area contributed by atoms with E-state index >= 15 is 0 Å². The van der Waals surface area contributed by atoms with Gasteiger partial charge in [-0.25, -0.2) is 0 Å². The summed E-state index contributed by atoms with van der Waals surface area (Å²) in [5.41, 5.74) is 1.09. The highest BCUT2D eigenvalue weighted by Gasteiger charge is 2.15. The van der Waals surface area contributed by atoms with Crippen molar-refractivity contribution in [3.63, 3.8) is 0 Å². The lowest BCUT2D eigenvalue weighted by molar-refractivity contribution is -0.136. The van der Waals surface area contributed by atoms with Crippen molar-refractivity contribution >= 4 is 23.5 Å². The molecule has 1 aliphatic rings. The Balaban J connectivity index is 1.70. The van der Waals surface area contributed by atoms with Gasteiger partial charge in [-0.2, -0.15) is 0 Å². The Labute approximate surface area is 148 Å². The molecule has 25 heavy (non-hydrogen) atoms. The first-order valence-corrected chi connectivity index (χ1v) is 8.94. The number of hydrogen-bond acceptors (Lipinski definition) is 3. The monoisotopic (exact) mass is 346 g/mol. The maximum absolute atomic E-state index is 12.0. The smallest absolute Gasteiger partial charge is 0.305 e. The Morgan fingerprint density at radius 2 is 1.72 bits per heavy atom. The van der Waals surface area contributed by atoms with Crippen LogP contribution in [0.25, 0.3) is 0 Å². The molecule has 3 N–H and O–H groups in total. The van der Waals surface area contributed by atoms with Crippen LogP contribution < -0.4 is 10.6 Å². The first kappa shape index (κ1) is 19.0. The highest BCUT2D eigenvalue weighted by molar-refractivity contribution is 5.95. The van der Waals surface area contributed by atoms with Crippen molar-refractivity contribution in [2.75, 3.05) is 11.9 Å². The van der Waals surface area contributed by atoms with Crippen LogP contribution in [0.1, 0.15) is 61.7 Å². The van der Waals surface area contributed by atoms with Gasteiger partial charge in [-0.05, 0) is 43.0 Å². The van der Waals surface area contributed by atoms with Gasteiger partial charge in [0.15, 0.2) is 0 Å². The van der Waals surface area contributed by atoms with Crippen LogP contribution in [-0.4, -0.2) is 29.4 Å². The van der Waals surface area contributed by atoms with Crippen molar-refractivity contribution in [1.82, 2.24) is 5.32 Å². The zero-order valence-electron chi connectivity index (χ0n) is 14.4. The standard InChI is InChI=1S/C19H26N2O4/c22-17(7-3-6-14-4-1-2-5-14)21-16-10-8-15(9-11-16)19(25)20-13-12-18(23)24/h8-11,14H,1-7,12-13H2,(H,20,25)(H,21,22)(H,23,24). The van der Waals surface area contributed by atoms with Gasteiger partial charge < -0.3 is 15.7 Å². The molecule has 6 heteroatoms. The fraction of sp³-hybridized carbons (Fsp3) is 0.526. The third-order valence-electron chi connectivity index (χ3n) is 4.55. The summed E-state index contributed by atoms with van der Waals surface area (Å²) in [6.45, 7) is 0.0909. The van der Waals surface area contributed by atoms with Gasteiger partial charge in [-0.15, -0.1) is 0 Å². The average molecular weight is 346 g/mol. The molecule has 1 saturated carbocycles. The van der Waals surface area contributed by atoms with E-state index in [1.165, 1.54) is 25.7 Å². The molecule has 0 atom stereocenters. The Morgan fingerprint density at radius 3 is 2.36 bits per heavy atom. The van der Waals surface area contributed by atoms with Crippen molar-refractivity contribution < 1.29 is 19.5 Å². The number of nitrogens with one attached hydrogen (secondary N) is 2. The number of carbonyl (C=O) groups excluding carboxylic acids is 2. The molecule has 0 unspecified atom stereocenters. The lowest BCUT2D eigenvalue weighted by Crippen LogP contribution is -2.25. The lowest BCUT2D eigenvalue weighted by atomic mass is 10.0. The highest BCUT2D eigenvalue weighted by Crippen LogP contribution is 2.28.